The lowest BCUT2D eigenvalue weighted by Gasteiger charge is -2.13. The molecule has 0 spiro atoms. The molecule has 3 aromatic rings. The van der Waals surface area contributed by atoms with Crippen LogP contribution in [0.4, 0.5) is 11.4 Å². The Kier molecular flexibility index (Phi) is 5.98. The zero-order valence-corrected chi connectivity index (χ0v) is 17.8. The van der Waals surface area contributed by atoms with Crippen molar-refractivity contribution < 1.29 is 14.1 Å². The third kappa shape index (κ3) is 4.38. The molecule has 154 valence electrons. The van der Waals surface area contributed by atoms with Gasteiger partial charge in [-0.3, -0.25) is 20.2 Å². The standard InChI is InChI=1S/C22H21N3O4S/c1-12-5-7-16(11-14(12)3)18-9-10-19(29-18)21(26)24-22(30)23-20-15(4)13(2)6-8-17(20)25(27)28/h5-11H,1-4H3,(H2,23,24,26,30). The highest BCUT2D eigenvalue weighted by Crippen LogP contribution is 2.30. The van der Waals surface area contributed by atoms with Gasteiger partial charge in [-0.15, -0.1) is 0 Å². The number of hydrogen-bond acceptors (Lipinski definition) is 5. The molecule has 0 fully saturated rings. The lowest BCUT2D eigenvalue weighted by molar-refractivity contribution is -0.383. The van der Waals surface area contributed by atoms with Crippen LogP contribution in [0.25, 0.3) is 11.3 Å². The normalized spacial score (nSPS) is 10.5. The molecule has 0 unspecified atom stereocenters. The van der Waals surface area contributed by atoms with Gasteiger partial charge in [0.15, 0.2) is 10.9 Å². The molecule has 0 aliphatic carbocycles. The summed E-state index contributed by atoms with van der Waals surface area (Å²) in [7, 11) is 0. The van der Waals surface area contributed by atoms with Gasteiger partial charge < -0.3 is 9.73 Å². The van der Waals surface area contributed by atoms with Gasteiger partial charge in [0.1, 0.15) is 11.4 Å². The van der Waals surface area contributed by atoms with Crippen LogP contribution in [0.5, 0.6) is 0 Å². The molecule has 0 aliphatic rings. The fourth-order valence-electron chi connectivity index (χ4n) is 2.93. The summed E-state index contributed by atoms with van der Waals surface area (Å²) in [6.07, 6.45) is 0. The first-order valence-corrected chi connectivity index (χ1v) is 9.62. The van der Waals surface area contributed by atoms with E-state index in [-0.39, 0.29) is 22.2 Å². The molecule has 0 radical (unpaired) electrons. The van der Waals surface area contributed by atoms with Gasteiger partial charge in [0, 0.05) is 11.6 Å². The number of carbonyl (C=O) groups excluding carboxylic acids is 1. The van der Waals surface area contributed by atoms with Gasteiger partial charge in [-0.05, 0) is 80.4 Å². The van der Waals surface area contributed by atoms with E-state index in [4.69, 9.17) is 16.6 Å². The maximum atomic E-state index is 12.5. The number of nitro benzene ring substituents is 1. The number of nitrogens with zero attached hydrogens (tertiary/aromatic N) is 1. The third-order valence-electron chi connectivity index (χ3n) is 5.00. The van der Waals surface area contributed by atoms with Crippen molar-refractivity contribution in [3.63, 3.8) is 0 Å². The number of aryl methyl sites for hydroxylation is 3. The van der Waals surface area contributed by atoms with E-state index >= 15 is 0 Å². The van der Waals surface area contributed by atoms with Crippen LogP contribution >= 0.6 is 12.2 Å². The van der Waals surface area contributed by atoms with Gasteiger partial charge in [0.2, 0.25) is 0 Å². The molecule has 30 heavy (non-hydrogen) atoms. The molecule has 8 heteroatoms. The number of carbonyl (C=O) groups is 1. The number of rotatable bonds is 4. The SMILES string of the molecule is Cc1ccc(-c2ccc(C(=O)NC(=S)Nc3c([N+](=O)[O-])ccc(C)c3C)o2)cc1C. The van der Waals surface area contributed by atoms with Crippen LogP contribution in [0.2, 0.25) is 0 Å². The van der Waals surface area contributed by atoms with Gasteiger partial charge in [-0.2, -0.15) is 0 Å². The molecule has 3 rings (SSSR count). The molecule has 1 amide bonds. The van der Waals surface area contributed by atoms with Crippen molar-refractivity contribution in [2.75, 3.05) is 5.32 Å². The Morgan fingerprint density at radius 2 is 1.70 bits per heavy atom. The molecule has 0 saturated heterocycles. The van der Waals surface area contributed by atoms with Crippen molar-refractivity contribution in [1.29, 1.82) is 0 Å². The molecule has 0 saturated carbocycles. The zero-order chi connectivity index (χ0) is 22.0. The van der Waals surface area contributed by atoms with E-state index in [0.29, 0.717) is 11.3 Å². The third-order valence-corrected chi connectivity index (χ3v) is 5.20. The Hall–Kier alpha value is -3.52. The van der Waals surface area contributed by atoms with Gasteiger partial charge in [-0.25, -0.2) is 0 Å². The fraction of sp³-hybridized carbons (Fsp3) is 0.182. The van der Waals surface area contributed by atoms with Crippen LogP contribution in [0, 0.1) is 37.8 Å². The highest BCUT2D eigenvalue weighted by atomic mass is 32.1. The first-order chi connectivity index (χ1) is 14.2. The topological polar surface area (TPSA) is 97.4 Å². The predicted octanol–water partition coefficient (Wildman–Crippen LogP) is 5.22. The Morgan fingerprint density at radius 3 is 2.37 bits per heavy atom. The highest BCUT2D eigenvalue weighted by molar-refractivity contribution is 7.80. The minimum Gasteiger partial charge on any atom is -0.451 e. The van der Waals surface area contributed by atoms with Gasteiger partial charge in [0.25, 0.3) is 11.6 Å². The first kappa shape index (κ1) is 21.2. The second-order valence-corrected chi connectivity index (χ2v) is 7.44. The number of amides is 1. The van der Waals surface area contributed by atoms with Crippen molar-refractivity contribution >= 4 is 34.6 Å². The Balaban J connectivity index is 1.75. The van der Waals surface area contributed by atoms with E-state index in [1.807, 2.05) is 39.0 Å². The zero-order valence-electron chi connectivity index (χ0n) is 17.0. The summed E-state index contributed by atoms with van der Waals surface area (Å²) in [5.41, 5.74) is 4.82. The van der Waals surface area contributed by atoms with Crippen molar-refractivity contribution in [3.8, 4) is 11.3 Å². The number of nitro groups is 1. The lowest BCUT2D eigenvalue weighted by atomic mass is 10.1. The number of thiocarbonyl (C=S) groups is 1. The lowest BCUT2D eigenvalue weighted by Crippen LogP contribution is -2.34. The van der Waals surface area contributed by atoms with E-state index in [1.54, 1.807) is 25.1 Å². The smallest absolute Gasteiger partial charge is 0.293 e. The Bertz CT molecular complexity index is 1170. The van der Waals surface area contributed by atoms with E-state index in [9.17, 15) is 14.9 Å². The van der Waals surface area contributed by atoms with E-state index in [2.05, 4.69) is 10.6 Å². The second kappa shape index (κ2) is 8.46. The largest absolute Gasteiger partial charge is 0.451 e. The van der Waals surface area contributed by atoms with Crippen LogP contribution in [0.15, 0.2) is 46.9 Å². The molecule has 1 heterocycles. The number of nitrogens with one attached hydrogen (secondary N) is 2. The van der Waals surface area contributed by atoms with Crippen LogP contribution < -0.4 is 10.6 Å². The predicted molar refractivity (Wildman–Crippen MR) is 120 cm³/mol. The molecule has 7 nitrogen and oxygen atoms in total. The number of anilines is 1. The van der Waals surface area contributed by atoms with Gasteiger partial charge in [0.05, 0.1) is 4.92 Å². The van der Waals surface area contributed by atoms with Gasteiger partial charge >= 0.3 is 0 Å². The number of benzene rings is 2. The summed E-state index contributed by atoms with van der Waals surface area (Å²) >= 11 is 5.19. The van der Waals surface area contributed by atoms with Gasteiger partial charge in [-0.1, -0.05) is 18.2 Å². The summed E-state index contributed by atoms with van der Waals surface area (Å²) in [4.78, 5) is 23.3. The molecular formula is C22H21N3O4S. The van der Waals surface area contributed by atoms with Crippen LogP contribution in [-0.4, -0.2) is 15.9 Å². The molecule has 0 aliphatic heterocycles. The van der Waals surface area contributed by atoms with Crippen molar-refractivity contribution in [1.82, 2.24) is 5.32 Å². The van der Waals surface area contributed by atoms with E-state index in [0.717, 1.165) is 16.7 Å². The molecule has 0 bridgehead atoms. The molecular weight excluding hydrogens is 402 g/mol. The molecule has 0 atom stereocenters. The quantitative estimate of drug-likeness (QED) is 0.339. The minimum atomic E-state index is -0.546. The summed E-state index contributed by atoms with van der Waals surface area (Å²) in [6, 6.07) is 12.2. The van der Waals surface area contributed by atoms with Crippen LogP contribution in [0.1, 0.15) is 32.8 Å². The van der Waals surface area contributed by atoms with Crippen molar-refractivity contribution in [3.05, 3.63) is 80.6 Å². The summed E-state index contributed by atoms with van der Waals surface area (Å²) in [5.74, 6) is 0.102. The first-order valence-electron chi connectivity index (χ1n) is 9.21. The average molecular weight is 423 g/mol. The minimum absolute atomic E-state index is 0.0547. The van der Waals surface area contributed by atoms with E-state index < -0.39 is 10.8 Å². The molecule has 1 aromatic heterocycles. The van der Waals surface area contributed by atoms with Crippen LogP contribution in [0.3, 0.4) is 0 Å². The monoisotopic (exact) mass is 423 g/mol. The molecule has 2 aromatic carbocycles. The second-order valence-electron chi connectivity index (χ2n) is 7.03. The fourth-order valence-corrected chi connectivity index (χ4v) is 3.13. The maximum absolute atomic E-state index is 12.5. The summed E-state index contributed by atoms with van der Waals surface area (Å²) < 4.78 is 5.67. The number of hydrogen-bond donors (Lipinski definition) is 2. The highest BCUT2D eigenvalue weighted by Gasteiger charge is 2.20. The van der Waals surface area contributed by atoms with Crippen molar-refractivity contribution in [2.24, 2.45) is 0 Å². The van der Waals surface area contributed by atoms with Crippen LogP contribution in [-0.2, 0) is 0 Å². The number of furan rings is 1. The summed E-state index contributed by atoms with van der Waals surface area (Å²) in [5, 5.41) is 16.5. The summed E-state index contributed by atoms with van der Waals surface area (Å²) in [6.45, 7) is 7.61. The Morgan fingerprint density at radius 1 is 1.00 bits per heavy atom. The average Bonchev–Trinajstić information content (AvgIpc) is 3.18. The van der Waals surface area contributed by atoms with Crippen molar-refractivity contribution in [2.45, 2.75) is 27.7 Å². The molecule has 2 N–H and O–H groups in total. The Labute approximate surface area is 179 Å². The van der Waals surface area contributed by atoms with E-state index in [1.165, 1.54) is 11.6 Å². The maximum Gasteiger partial charge on any atom is 0.293 e.